The highest BCUT2D eigenvalue weighted by Crippen LogP contribution is 2.34. The average Bonchev–Trinajstić information content (AvgIpc) is 2.28. The van der Waals surface area contributed by atoms with Crippen molar-refractivity contribution in [2.75, 3.05) is 23.7 Å². The van der Waals surface area contributed by atoms with Crippen molar-refractivity contribution < 1.29 is 13.2 Å². The molecular formula is C12H14BrF3N2. The molecule has 0 saturated carbocycles. The van der Waals surface area contributed by atoms with Crippen LogP contribution < -0.4 is 10.6 Å². The second-order valence-electron chi connectivity index (χ2n) is 4.47. The lowest BCUT2D eigenvalue weighted by Gasteiger charge is -2.32. The molecule has 0 amide bonds. The van der Waals surface area contributed by atoms with Crippen LogP contribution in [0.25, 0.3) is 0 Å². The Morgan fingerprint density at radius 3 is 2.33 bits per heavy atom. The third-order valence-corrected chi connectivity index (χ3v) is 3.97. The van der Waals surface area contributed by atoms with Gasteiger partial charge in [0.25, 0.3) is 0 Å². The summed E-state index contributed by atoms with van der Waals surface area (Å²) in [5, 5.41) is 0. The largest absolute Gasteiger partial charge is 0.416 e. The third-order valence-electron chi connectivity index (χ3n) is 3.06. The molecular weight excluding hydrogens is 309 g/mol. The molecule has 0 bridgehead atoms. The van der Waals surface area contributed by atoms with Crippen molar-refractivity contribution in [3.63, 3.8) is 0 Å². The van der Waals surface area contributed by atoms with Crippen molar-refractivity contribution in [2.24, 2.45) is 0 Å². The molecule has 18 heavy (non-hydrogen) atoms. The number of anilines is 2. The maximum Gasteiger partial charge on any atom is 0.416 e. The molecule has 2 nitrogen and oxygen atoms in total. The highest BCUT2D eigenvalue weighted by Gasteiger charge is 2.31. The summed E-state index contributed by atoms with van der Waals surface area (Å²) in [6, 6.07) is 3.75. The van der Waals surface area contributed by atoms with Gasteiger partial charge in [-0.15, -0.1) is 0 Å². The van der Waals surface area contributed by atoms with Gasteiger partial charge in [-0.2, -0.15) is 13.2 Å². The van der Waals surface area contributed by atoms with Crippen LogP contribution in [0.4, 0.5) is 24.5 Å². The number of hydrogen-bond acceptors (Lipinski definition) is 2. The molecule has 1 heterocycles. The Bertz CT molecular complexity index is 426. The van der Waals surface area contributed by atoms with Crippen molar-refractivity contribution in [1.29, 1.82) is 0 Å². The lowest BCUT2D eigenvalue weighted by atomic mass is 10.1. The maximum atomic E-state index is 12.7. The van der Waals surface area contributed by atoms with Crippen LogP contribution in [0.5, 0.6) is 0 Å². The van der Waals surface area contributed by atoms with E-state index >= 15 is 0 Å². The summed E-state index contributed by atoms with van der Waals surface area (Å²) >= 11 is 3.52. The van der Waals surface area contributed by atoms with E-state index < -0.39 is 11.7 Å². The van der Waals surface area contributed by atoms with Gasteiger partial charge < -0.3 is 10.6 Å². The van der Waals surface area contributed by atoms with Crippen molar-refractivity contribution >= 4 is 27.3 Å². The van der Waals surface area contributed by atoms with Gasteiger partial charge in [0.05, 0.1) is 5.56 Å². The van der Waals surface area contributed by atoms with Crippen LogP contribution in [0.15, 0.2) is 18.2 Å². The monoisotopic (exact) mass is 322 g/mol. The van der Waals surface area contributed by atoms with E-state index in [0.717, 1.165) is 32.0 Å². The van der Waals surface area contributed by atoms with Gasteiger partial charge in [-0.05, 0) is 31.0 Å². The van der Waals surface area contributed by atoms with Crippen LogP contribution in [0.3, 0.4) is 0 Å². The molecule has 1 fully saturated rings. The summed E-state index contributed by atoms with van der Waals surface area (Å²) in [4.78, 5) is 2.40. The molecule has 2 rings (SSSR count). The first-order chi connectivity index (χ1) is 8.36. The topological polar surface area (TPSA) is 29.3 Å². The molecule has 1 aromatic carbocycles. The zero-order valence-corrected chi connectivity index (χ0v) is 11.3. The van der Waals surface area contributed by atoms with Gasteiger partial charge in [-0.3, -0.25) is 0 Å². The third kappa shape index (κ3) is 3.10. The molecule has 1 aliphatic rings. The molecule has 0 spiro atoms. The van der Waals surface area contributed by atoms with E-state index in [1.807, 2.05) is 4.90 Å². The number of hydrogen-bond donors (Lipinski definition) is 1. The van der Waals surface area contributed by atoms with Gasteiger partial charge in [-0.1, -0.05) is 15.9 Å². The number of piperidine rings is 1. The van der Waals surface area contributed by atoms with Gasteiger partial charge in [0, 0.05) is 29.3 Å². The van der Waals surface area contributed by atoms with Crippen molar-refractivity contribution in [1.82, 2.24) is 0 Å². The summed E-state index contributed by atoms with van der Waals surface area (Å²) in [6.07, 6.45) is -2.50. The Hall–Kier alpha value is -0.910. The highest BCUT2D eigenvalue weighted by atomic mass is 79.9. The second kappa shape index (κ2) is 4.99. The van der Waals surface area contributed by atoms with Crippen molar-refractivity contribution in [2.45, 2.75) is 23.8 Å². The molecule has 1 saturated heterocycles. The number of nitrogens with zero attached hydrogens (tertiary/aromatic N) is 1. The number of nitrogens with two attached hydrogens (primary N) is 1. The predicted molar refractivity (Wildman–Crippen MR) is 70.0 cm³/mol. The first-order valence-electron chi connectivity index (χ1n) is 5.73. The fraction of sp³-hybridized carbons (Fsp3) is 0.500. The normalized spacial score (nSPS) is 18.1. The average molecular weight is 323 g/mol. The van der Waals surface area contributed by atoms with E-state index in [1.165, 1.54) is 6.07 Å². The number of rotatable bonds is 1. The maximum absolute atomic E-state index is 12.7. The van der Waals surface area contributed by atoms with Gasteiger partial charge in [0.1, 0.15) is 0 Å². The van der Waals surface area contributed by atoms with Crippen LogP contribution >= 0.6 is 15.9 Å². The molecule has 100 valence electrons. The predicted octanol–water partition coefficient (Wildman–Crippen LogP) is 3.65. The lowest BCUT2D eigenvalue weighted by Crippen LogP contribution is -2.34. The summed E-state index contributed by atoms with van der Waals surface area (Å²) in [6.45, 7) is 1.49. The summed E-state index contributed by atoms with van der Waals surface area (Å²) < 4.78 is 38.1. The summed E-state index contributed by atoms with van der Waals surface area (Å²) in [7, 11) is 0. The molecule has 0 unspecified atom stereocenters. The quantitative estimate of drug-likeness (QED) is 0.631. The molecule has 2 N–H and O–H groups in total. The number of alkyl halides is 4. The minimum absolute atomic E-state index is 0.154. The highest BCUT2D eigenvalue weighted by molar-refractivity contribution is 9.09. The Balaban J connectivity index is 2.25. The van der Waals surface area contributed by atoms with Crippen LogP contribution in [0, 0.1) is 0 Å². The van der Waals surface area contributed by atoms with Gasteiger partial charge in [0.15, 0.2) is 0 Å². The van der Waals surface area contributed by atoms with E-state index in [-0.39, 0.29) is 5.69 Å². The second-order valence-corrected chi connectivity index (χ2v) is 5.77. The van der Waals surface area contributed by atoms with Crippen molar-refractivity contribution in [3.05, 3.63) is 23.8 Å². The van der Waals surface area contributed by atoms with E-state index in [0.29, 0.717) is 10.5 Å². The van der Waals surface area contributed by atoms with Gasteiger partial charge >= 0.3 is 6.18 Å². The zero-order valence-electron chi connectivity index (χ0n) is 9.67. The Morgan fingerprint density at radius 1 is 1.17 bits per heavy atom. The van der Waals surface area contributed by atoms with Crippen molar-refractivity contribution in [3.8, 4) is 0 Å². The Morgan fingerprint density at radius 2 is 1.78 bits per heavy atom. The molecule has 1 aliphatic heterocycles. The van der Waals surface area contributed by atoms with Crippen LogP contribution in [0.2, 0.25) is 0 Å². The summed E-state index contributed by atoms with van der Waals surface area (Å²) in [5.74, 6) is 0. The minimum atomic E-state index is -4.35. The zero-order chi connectivity index (χ0) is 13.3. The minimum Gasteiger partial charge on any atom is -0.399 e. The summed E-state index contributed by atoms with van der Waals surface area (Å²) in [5.41, 5.74) is 5.58. The Labute approximate surface area is 112 Å². The van der Waals surface area contributed by atoms with E-state index in [1.54, 1.807) is 6.07 Å². The lowest BCUT2D eigenvalue weighted by molar-refractivity contribution is -0.137. The smallest absolute Gasteiger partial charge is 0.399 e. The number of benzene rings is 1. The molecule has 0 radical (unpaired) electrons. The van der Waals surface area contributed by atoms with E-state index in [4.69, 9.17) is 5.73 Å². The van der Waals surface area contributed by atoms with E-state index in [9.17, 15) is 13.2 Å². The fourth-order valence-electron chi connectivity index (χ4n) is 2.09. The first-order valence-corrected chi connectivity index (χ1v) is 6.64. The number of halogens is 4. The number of nitrogen functional groups attached to an aromatic ring is 1. The standard InChI is InChI=1S/C12H14BrF3N2/c13-9-1-3-18(4-2-9)11-6-8(12(14,15)16)5-10(17)7-11/h5-7,9H,1-4,17H2. The molecule has 0 aromatic heterocycles. The molecule has 0 atom stereocenters. The molecule has 0 aliphatic carbocycles. The fourth-order valence-corrected chi connectivity index (χ4v) is 2.50. The molecule has 6 heteroatoms. The molecule has 1 aromatic rings. The van der Waals surface area contributed by atoms with Crippen LogP contribution in [-0.4, -0.2) is 17.9 Å². The van der Waals surface area contributed by atoms with Crippen LogP contribution in [0.1, 0.15) is 18.4 Å². The Kier molecular flexibility index (Phi) is 3.75. The first kappa shape index (κ1) is 13.5. The van der Waals surface area contributed by atoms with Gasteiger partial charge in [-0.25, -0.2) is 0 Å². The van der Waals surface area contributed by atoms with Gasteiger partial charge in [0.2, 0.25) is 0 Å². The SMILES string of the molecule is Nc1cc(N2CCC(Br)CC2)cc(C(F)(F)F)c1. The van der Waals surface area contributed by atoms with E-state index in [2.05, 4.69) is 15.9 Å². The van der Waals surface area contributed by atoms with Crippen LogP contribution in [-0.2, 0) is 6.18 Å².